The van der Waals surface area contributed by atoms with Gasteiger partial charge in [-0.3, -0.25) is 0 Å². The maximum atomic E-state index is 5.88. The van der Waals surface area contributed by atoms with Crippen molar-refractivity contribution in [3.8, 4) is 5.75 Å². The van der Waals surface area contributed by atoms with Gasteiger partial charge in [-0.15, -0.1) is 11.3 Å². The van der Waals surface area contributed by atoms with Crippen molar-refractivity contribution in [1.82, 2.24) is 10.3 Å². The van der Waals surface area contributed by atoms with Crippen LogP contribution < -0.4 is 10.1 Å². The van der Waals surface area contributed by atoms with Crippen molar-refractivity contribution in [2.24, 2.45) is 0 Å². The molecule has 0 aliphatic heterocycles. The number of rotatable bonds is 7. The molecule has 0 fully saturated rings. The van der Waals surface area contributed by atoms with Crippen LogP contribution in [-0.4, -0.2) is 11.5 Å². The molecule has 0 spiro atoms. The molecule has 1 N–H and O–H groups in total. The topological polar surface area (TPSA) is 34.1 Å². The van der Waals surface area contributed by atoms with Gasteiger partial charge in [-0.2, -0.15) is 0 Å². The van der Waals surface area contributed by atoms with Crippen molar-refractivity contribution in [3.05, 3.63) is 45.4 Å². The third-order valence-electron chi connectivity index (χ3n) is 3.49. The Morgan fingerprint density at radius 3 is 2.81 bits per heavy atom. The van der Waals surface area contributed by atoms with Crippen LogP contribution in [0.1, 0.15) is 47.5 Å². The summed E-state index contributed by atoms with van der Waals surface area (Å²) >= 11 is 1.71. The highest BCUT2D eigenvalue weighted by molar-refractivity contribution is 7.11. The maximum absolute atomic E-state index is 5.88. The van der Waals surface area contributed by atoms with Crippen LogP contribution in [-0.2, 0) is 6.61 Å². The second-order valence-corrected chi connectivity index (χ2v) is 6.57. The van der Waals surface area contributed by atoms with Crippen molar-refractivity contribution in [2.45, 2.75) is 46.8 Å². The van der Waals surface area contributed by atoms with E-state index in [0.717, 1.165) is 29.4 Å². The summed E-state index contributed by atoms with van der Waals surface area (Å²) in [6.45, 7) is 10.1. The minimum Gasteiger partial charge on any atom is -0.486 e. The smallest absolute Gasteiger partial charge is 0.140 e. The van der Waals surface area contributed by atoms with Gasteiger partial charge in [0.1, 0.15) is 17.4 Å². The van der Waals surface area contributed by atoms with Crippen LogP contribution in [0, 0.1) is 13.8 Å². The lowest BCUT2D eigenvalue weighted by Gasteiger charge is -2.14. The molecule has 0 saturated carbocycles. The minimum atomic E-state index is 0.345. The van der Waals surface area contributed by atoms with E-state index in [2.05, 4.69) is 43.2 Å². The maximum Gasteiger partial charge on any atom is 0.140 e. The zero-order chi connectivity index (χ0) is 15.2. The van der Waals surface area contributed by atoms with E-state index in [1.807, 2.05) is 19.1 Å². The van der Waals surface area contributed by atoms with E-state index < -0.39 is 0 Å². The second-order valence-electron chi connectivity index (χ2n) is 5.29. The molecule has 2 aromatic rings. The van der Waals surface area contributed by atoms with E-state index in [-0.39, 0.29) is 0 Å². The summed E-state index contributed by atoms with van der Waals surface area (Å²) in [6.07, 6.45) is 1.14. The lowest BCUT2D eigenvalue weighted by molar-refractivity contribution is 0.305. The number of aromatic nitrogens is 1. The van der Waals surface area contributed by atoms with Gasteiger partial charge in [-0.1, -0.05) is 19.1 Å². The molecule has 0 saturated heterocycles. The Morgan fingerprint density at radius 2 is 2.14 bits per heavy atom. The molecule has 4 heteroatoms. The molecular formula is C17H24N2OS. The molecule has 1 aromatic heterocycles. The number of nitrogens with one attached hydrogen (secondary N) is 1. The predicted molar refractivity (Wildman–Crippen MR) is 89.1 cm³/mol. The largest absolute Gasteiger partial charge is 0.486 e. The highest BCUT2D eigenvalue weighted by Crippen LogP contribution is 2.22. The minimum absolute atomic E-state index is 0.345. The van der Waals surface area contributed by atoms with Gasteiger partial charge in [0, 0.05) is 10.9 Å². The van der Waals surface area contributed by atoms with E-state index >= 15 is 0 Å². The Morgan fingerprint density at radius 1 is 1.33 bits per heavy atom. The SMILES string of the molecule is CCCNC(C)c1cccc(OCc2nc(C)c(C)s2)c1. The first-order chi connectivity index (χ1) is 10.1. The summed E-state index contributed by atoms with van der Waals surface area (Å²) in [5.41, 5.74) is 2.36. The molecule has 0 aliphatic rings. The van der Waals surface area contributed by atoms with Crippen LogP contribution >= 0.6 is 11.3 Å². The summed E-state index contributed by atoms with van der Waals surface area (Å²) in [7, 11) is 0. The van der Waals surface area contributed by atoms with E-state index in [4.69, 9.17) is 4.74 Å². The first-order valence-electron chi connectivity index (χ1n) is 7.49. The fourth-order valence-corrected chi connectivity index (χ4v) is 2.95. The predicted octanol–water partition coefficient (Wildman–Crippen LogP) is 4.40. The number of nitrogens with zero attached hydrogens (tertiary/aromatic N) is 1. The average Bonchev–Trinajstić information content (AvgIpc) is 2.81. The number of hydrogen-bond donors (Lipinski definition) is 1. The molecule has 21 heavy (non-hydrogen) atoms. The number of aryl methyl sites for hydroxylation is 2. The van der Waals surface area contributed by atoms with Gasteiger partial charge in [0.2, 0.25) is 0 Å². The standard InChI is InChI=1S/C17H24N2OS/c1-5-9-18-13(3)15-7-6-8-16(10-15)20-11-17-19-12(2)14(4)21-17/h6-8,10,13,18H,5,9,11H2,1-4H3. The summed E-state index contributed by atoms with van der Waals surface area (Å²) in [5.74, 6) is 0.906. The number of thiazole rings is 1. The van der Waals surface area contributed by atoms with Crippen LogP contribution in [0.15, 0.2) is 24.3 Å². The number of hydrogen-bond acceptors (Lipinski definition) is 4. The summed E-state index contributed by atoms with van der Waals surface area (Å²) in [4.78, 5) is 5.77. The van der Waals surface area contributed by atoms with Crippen LogP contribution in [0.25, 0.3) is 0 Å². The fourth-order valence-electron chi connectivity index (χ4n) is 2.10. The van der Waals surface area contributed by atoms with Crippen LogP contribution in [0.5, 0.6) is 5.75 Å². The molecular weight excluding hydrogens is 280 g/mol. The molecule has 114 valence electrons. The Balaban J connectivity index is 1.97. The van der Waals surface area contributed by atoms with Crippen molar-refractivity contribution >= 4 is 11.3 Å². The second kappa shape index (κ2) is 7.57. The van der Waals surface area contributed by atoms with E-state index in [1.54, 1.807) is 11.3 Å². The summed E-state index contributed by atoms with van der Waals surface area (Å²) in [6, 6.07) is 8.65. The third kappa shape index (κ3) is 4.55. The molecule has 3 nitrogen and oxygen atoms in total. The van der Waals surface area contributed by atoms with Crippen LogP contribution in [0.2, 0.25) is 0 Å². The Hall–Kier alpha value is -1.39. The van der Waals surface area contributed by atoms with Crippen molar-refractivity contribution < 1.29 is 4.74 Å². The fraction of sp³-hybridized carbons (Fsp3) is 0.471. The molecule has 0 amide bonds. The van der Waals surface area contributed by atoms with Crippen LogP contribution in [0.4, 0.5) is 0 Å². The molecule has 1 heterocycles. The summed E-state index contributed by atoms with van der Waals surface area (Å²) in [5, 5.41) is 4.53. The molecule has 2 rings (SSSR count). The lowest BCUT2D eigenvalue weighted by atomic mass is 10.1. The molecule has 0 bridgehead atoms. The Labute approximate surface area is 131 Å². The summed E-state index contributed by atoms with van der Waals surface area (Å²) < 4.78 is 5.88. The first kappa shape index (κ1) is 16.0. The monoisotopic (exact) mass is 304 g/mol. The van der Waals surface area contributed by atoms with E-state index in [0.29, 0.717) is 12.6 Å². The number of ether oxygens (including phenoxy) is 1. The van der Waals surface area contributed by atoms with Gasteiger partial charge < -0.3 is 10.1 Å². The van der Waals surface area contributed by atoms with Crippen molar-refractivity contribution in [3.63, 3.8) is 0 Å². The van der Waals surface area contributed by atoms with Gasteiger partial charge >= 0.3 is 0 Å². The zero-order valence-electron chi connectivity index (χ0n) is 13.3. The normalized spacial score (nSPS) is 12.4. The Bertz CT molecular complexity index is 560. The van der Waals surface area contributed by atoms with E-state index in [1.165, 1.54) is 10.4 Å². The molecule has 0 aliphatic carbocycles. The molecule has 0 radical (unpaired) electrons. The van der Waals surface area contributed by atoms with Gasteiger partial charge in [-0.05, 0) is 51.4 Å². The third-order valence-corrected chi connectivity index (χ3v) is 4.54. The quantitative estimate of drug-likeness (QED) is 0.823. The van der Waals surface area contributed by atoms with Gasteiger partial charge in [0.05, 0.1) is 5.69 Å². The molecule has 1 atom stereocenters. The highest BCUT2D eigenvalue weighted by Gasteiger charge is 2.07. The number of benzene rings is 1. The van der Waals surface area contributed by atoms with Crippen LogP contribution in [0.3, 0.4) is 0 Å². The van der Waals surface area contributed by atoms with E-state index in [9.17, 15) is 0 Å². The average molecular weight is 304 g/mol. The lowest BCUT2D eigenvalue weighted by Crippen LogP contribution is -2.19. The molecule has 1 unspecified atom stereocenters. The zero-order valence-corrected chi connectivity index (χ0v) is 14.1. The highest BCUT2D eigenvalue weighted by atomic mass is 32.1. The van der Waals surface area contributed by atoms with Crippen molar-refractivity contribution in [1.29, 1.82) is 0 Å². The van der Waals surface area contributed by atoms with Gasteiger partial charge in [0.25, 0.3) is 0 Å². The first-order valence-corrected chi connectivity index (χ1v) is 8.31. The van der Waals surface area contributed by atoms with Gasteiger partial charge in [0.15, 0.2) is 0 Å². The van der Waals surface area contributed by atoms with Gasteiger partial charge in [-0.25, -0.2) is 4.98 Å². The van der Waals surface area contributed by atoms with Crippen molar-refractivity contribution in [2.75, 3.05) is 6.54 Å². The Kier molecular flexibility index (Phi) is 5.76. The molecule has 1 aromatic carbocycles.